The molecular formula is C50H82BaO8. The van der Waals surface area contributed by atoms with Gasteiger partial charge in [0.15, 0.2) is 0 Å². The number of carbonyl (C=O) groups excluding carboxylic acids is 2. The molecule has 4 unspecified atom stereocenters. The maximum Gasteiger partial charge on any atom is 2.00 e. The summed E-state index contributed by atoms with van der Waals surface area (Å²) in [4.78, 5) is 22.5. The molecule has 332 valence electrons. The van der Waals surface area contributed by atoms with Gasteiger partial charge in [-0.1, -0.05) is 216 Å². The van der Waals surface area contributed by atoms with Crippen molar-refractivity contribution < 1.29 is 39.5 Å². The predicted octanol–water partition coefficient (Wildman–Crippen LogP) is 9.95. The van der Waals surface area contributed by atoms with Gasteiger partial charge in [-0.25, -0.2) is 0 Å². The Labute approximate surface area is 400 Å². The van der Waals surface area contributed by atoms with Crippen molar-refractivity contribution in [3.8, 4) is 0 Å². The first-order valence-electron chi connectivity index (χ1n) is 23.4. The van der Waals surface area contributed by atoms with Crippen molar-refractivity contribution in [2.75, 3.05) is 0 Å². The van der Waals surface area contributed by atoms with Gasteiger partial charge in [0.1, 0.15) is 0 Å². The topological polar surface area (TPSA) is 139 Å². The smallest absolute Gasteiger partial charge is 0.547 e. The van der Waals surface area contributed by atoms with Crippen molar-refractivity contribution in [1.29, 1.82) is 0 Å². The Bertz CT molecular complexity index is 1110. The summed E-state index contributed by atoms with van der Waals surface area (Å²) < 4.78 is 11.1. The molecule has 2 N–H and O–H groups in total. The van der Waals surface area contributed by atoms with Crippen molar-refractivity contribution in [1.82, 2.24) is 0 Å². The van der Waals surface area contributed by atoms with E-state index in [2.05, 4.69) is 0 Å². The molecule has 0 saturated carbocycles. The molecule has 0 aliphatic carbocycles. The number of benzene rings is 2. The average molecular weight is 949 g/mol. The number of carboxylic acid groups (broad SMARTS) is 2. The number of hydrogen-bond acceptors (Lipinski definition) is 8. The van der Waals surface area contributed by atoms with Gasteiger partial charge < -0.3 is 39.5 Å². The summed E-state index contributed by atoms with van der Waals surface area (Å²) >= 11 is 0. The number of ether oxygens (including phenoxy) is 2. The van der Waals surface area contributed by atoms with Gasteiger partial charge in [0, 0.05) is 0 Å². The SMILES string of the molecule is CCC(O)CCCCCCCCCCCCCC(OCc1ccccc1)C(=O)[O-].CCC(O)CCCCCCCCCCCCCC(OCc1ccccc1)C(=O)[O-].[Ba+2]. The second-order valence-corrected chi connectivity index (χ2v) is 16.3. The maximum atomic E-state index is 11.3. The second kappa shape index (κ2) is 42.1. The van der Waals surface area contributed by atoms with Crippen LogP contribution in [0, 0.1) is 0 Å². The van der Waals surface area contributed by atoms with Gasteiger partial charge >= 0.3 is 48.9 Å². The zero-order valence-corrected chi connectivity index (χ0v) is 41.8. The van der Waals surface area contributed by atoms with Crippen LogP contribution < -0.4 is 10.2 Å². The minimum absolute atomic E-state index is 0. The molecule has 0 spiro atoms. The Balaban J connectivity index is 0.00000112. The zero-order valence-electron chi connectivity index (χ0n) is 37.3. The van der Waals surface area contributed by atoms with Crippen molar-refractivity contribution in [2.45, 2.75) is 231 Å². The van der Waals surface area contributed by atoms with Crippen molar-refractivity contribution in [2.24, 2.45) is 0 Å². The summed E-state index contributed by atoms with van der Waals surface area (Å²) in [5.41, 5.74) is 1.97. The van der Waals surface area contributed by atoms with Gasteiger partial charge in [0.05, 0.1) is 49.6 Å². The summed E-state index contributed by atoms with van der Waals surface area (Å²) in [6, 6.07) is 19.3. The van der Waals surface area contributed by atoms with E-state index < -0.39 is 24.1 Å². The number of hydrogen-bond donors (Lipinski definition) is 2. The Morgan fingerprint density at radius 2 is 0.678 bits per heavy atom. The molecular weight excluding hydrogens is 866 g/mol. The monoisotopic (exact) mass is 949 g/mol. The number of carbonyl (C=O) groups is 2. The van der Waals surface area contributed by atoms with Gasteiger partial charge in [0.25, 0.3) is 0 Å². The molecule has 2 aromatic rings. The van der Waals surface area contributed by atoms with Crippen LogP contribution in [-0.4, -0.2) is 95.4 Å². The van der Waals surface area contributed by atoms with Crippen molar-refractivity contribution in [3.05, 3.63) is 71.8 Å². The molecule has 2 rings (SSSR count). The number of aliphatic carboxylic acids is 2. The van der Waals surface area contributed by atoms with E-state index >= 15 is 0 Å². The Hall–Kier alpha value is -1.21. The third-order valence-electron chi connectivity index (χ3n) is 11.1. The molecule has 0 bridgehead atoms. The van der Waals surface area contributed by atoms with E-state index in [1.165, 1.54) is 89.9 Å². The summed E-state index contributed by atoms with van der Waals surface area (Å²) in [5, 5.41) is 41.5. The first-order chi connectivity index (χ1) is 28.3. The first kappa shape index (κ1) is 57.8. The number of rotatable bonds is 38. The standard InChI is InChI=1S/2C25H42O4.Ba/c2*1-2-23(26)19-15-10-8-6-4-3-5-7-9-11-16-20-24(25(27)28)29-21-22-17-13-12-14-18-22;/h2*12-14,17-18,23-24,26H,2-11,15-16,19-21H2,1H3,(H,27,28);/q;;+2/p-2. The van der Waals surface area contributed by atoms with Crippen LogP contribution in [0.4, 0.5) is 0 Å². The van der Waals surface area contributed by atoms with E-state index in [1.807, 2.05) is 74.5 Å². The van der Waals surface area contributed by atoms with Gasteiger partial charge in [-0.2, -0.15) is 0 Å². The van der Waals surface area contributed by atoms with Crippen molar-refractivity contribution >= 4 is 60.8 Å². The van der Waals surface area contributed by atoms with Crippen LogP contribution in [0.25, 0.3) is 0 Å². The molecule has 9 heteroatoms. The fraction of sp³-hybridized carbons (Fsp3) is 0.720. The van der Waals surface area contributed by atoms with Gasteiger partial charge in [0.2, 0.25) is 0 Å². The molecule has 0 radical (unpaired) electrons. The minimum atomic E-state index is -1.11. The van der Waals surface area contributed by atoms with E-state index in [0.717, 1.165) is 88.2 Å². The number of aliphatic hydroxyl groups is 2. The molecule has 0 fully saturated rings. The van der Waals surface area contributed by atoms with Crippen LogP contribution >= 0.6 is 0 Å². The van der Waals surface area contributed by atoms with Crippen LogP contribution in [0.3, 0.4) is 0 Å². The van der Waals surface area contributed by atoms with Crippen LogP contribution in [0.15, 0.2) is 60.7 Å². The third-order valence-corrected chi connectivity index (χ3v) is 11.1. The zero-order chi connectivity index (χ0) is 42.3. The second-order valence-electron chi connectivity index (χ2n) is 16.3. The fourth-order valence-electron chi connectivity index (χ4n) is 7.09. The van der Waals surface area contributed by atoms with E-state index in [0.29, 0.717) is 26.1 Å². The van der Waals surface area contributed by atoms with Gasteiger partial charge in [-0.3, -0.25) is 0 Å². The van der Waals surface area contributed by atoms with Gasteiger partial charge in [-0.05, 0) is 49.7 Å². The Morgan fingerprint density at radius 1 is 0.441 bits per heavy atom. The number of unbranched alkanes of at least 4 members (excludes halogenated alkanes) is 20. The molecule has 8 nitrogen and oxygen atoms in total. The summed E-state index contributed by atoms with van der Waals surface area (Å²) in [5.74, 6) is -2.21. The maximum absolute atomic E-state index is 11.3. The molecule has 0 aliphatic rings. The minimum Gasteiger partial charge on any atom is -0.547 e. The van der Waals surface area contributed by atoms with Crippen molar-refractivity contribution in [3.63, 3.8) is 0 Å². The first-order valence-corrected chi connectivity index (χ1v) is 23.4. The average Bonchev–Trinajstić information content (AvgIpc) is 3.23. The Kier molecular flexibility index (Phi) is 41.2. The van der Waals surface area contributed by atoms with Crippen LogP contribution in [0.2, 0.25) is 0 Å². The molecule has 0 amide bonds. The van der Waals surface area contributed by atoms with E-state index in [9.17, 15) is 30.0 Å². The van der Waals surface area contributed by atoms with Gasteiger partial charge in [-0.15, -0.1) is 0 Å². The Morgan fingerprint density at radius 3 is 0.915 bits per heavy atom. The van der Waals surface area contributed by atoms with Crippen LogP contribution in [0.1, 0.15) is 205 Å². The fourth-order valence-corrected chi connectivity index (χ4v) is 7.09. The van der Waals surface area contributed by atoms with Crippen LogP contribution in [-0.2, 0) is 32.3 Å². The summed E-state index contributed by atoms with van der Waals surface area (Å²) in [7, 11) is 0. The van der Waals surface area contributed by atoms with E-state index in [-0.39, 0.29) is 61.1 Å². The van der Waals surface area contributed by atoms with Crippen LogP contribution in [0.5, 0.6) is 0 Å². The summed E-state index contributed by atoms with van der Waals surface area (Å²) in [6.07, 6.45) is 29.2. The predicted molar refractivity (Wildman–Crippen MR) is 238 cm³/mol. The molecule has 0 aromatic heterocycles. The molecule has 4 atom stereocenters. The molecule has 0 saturated heterocycles. The third kappa shape index (κ3) is 36.0. The largest absolute Gasteiger partial charge is 2.00 e. The quantitative estimate of drug-likeness (QED) is 0.0501. The molecule has 0 aliphatic heterocycles. The molecule has 2 aromatic carbocycles. The van der Waals surface area contributed by atoms with E-state index in [4.69, 9.17) is 9.47 Å². The normalized spacial score (nSPS) is 13.1. The summed E-state index contributed by atoms with van der Waals surface area (Å²) in [6.45, 7) is 4.70. The number of carboxylic acids is 2. The molecule has 59 heavy (non-hydrogen) atoms. The van der Waals surface area contributed by atoms with E-state index in [1.54, 1.807) is 0 Å². The number of aliphatic hydroxyl groups excluding tert-OH is 2. The molecule has 0 heterocycles.